The van der Waals surface area contributed by atoms with E-state index in [2.05, 4.69) is 159 Å². The van der Waals surface area contributed by atoms with E-state index in [-0.39, 0.29) is 5.41 Å². The van der Waals surface area contributed by atoms with Crippen molar-refractivity contribution in [2.75, 3.05) is 0 Å². The molecule has 0 saturated carbocycles. The van der Waals surface area contributed by atoms with Crippen LogP contribution in [0, 0.1) is 0 Å². The highest BCUT2D eigenvalue weighted by atomic mass is 16.3. The quantitative estimate of drug-likeness (QED) is 0.130. The number of hydrogen-bond acceptors (Lipinski definition) is 1. The summed E-state index contributed by atoms with van der Waals surface area (Å²) in [6, 6.07) is 58.9. The van der Waals surface area contributed by atoms with Gasteiger partial charge in [-0.15, -0.1) is 5.46 Å². The lowest BCUT2D eigenvalue weighted by Crippen LogP contribution is -2.40. The first-order valence-corrected chi connectivity index (χ1v) is 19.5. The minimum absolute atomic E-state index is 0.0881. The second-order valence-corrected chi connectivity index (χ2v) is 15.9. The molecular weight excluding hydrogens is 685 g/mol. The first-order valence-electron chi connectivity index (χ1n) is 19.5. The Morgan fingerprint density at radius 2 is 0.930 bits per heavy atom. The van der Waals surface area contributed by atoms with Crippen molar-refractivity contribution in [3.8, 4) is 55.6 Å². The lowest BCUT2D eigenvalue weighted by Gasteiger charge is -2.22. The summed E-state index contributed by atoms with van der Waals surface area (Å²) in [7, 11) is 20.2. The van der Waals surface area contributed by atoms with Crippen molar-refractivity contribution in [3.63, 3.8) is 0 Å². The van der Waals surface area contributed by atoms with Crippen LogP contribution < -0.4 is 16.4 Å². The summed E-state index contributed by atoms with van der Waals surface area (Å²) in [5, 5.41) is 6.44. The second-order valence-electron chi connectivity index (χ2n) is 15.9. The van der Waals surface area contributed by atoms with Gasteiger partial charge in [-0.25, -0.2) is 0 Å². The third kappa shape index (κ3) is 4.93. The van der Waals surface area contributed by atoms with E-state index >= 15 is 0 Å². The average molecular weight is 718 g/mol. The lowest BCUT2D eigenvalue weighted by molar-refractivity contribution is 0.660. The summed E-state index contributed by atoms with van der Waals surface area (Å²) in [5.74, 6) is 0. The van der Waals surface area contributed by atoms with Crippen LogP contribution in [-0.2, 0) is 5.41 Å². The van der Waals surface area contributed by atoms with E-state index in [1.807, 2.05) is 18.2 Å². The molecule has 1 heterocycles. The SMILES string of the molecule is [B]c1c([B])c(-c2ccc3c(-c4ccccc4)c4cc(-c5ccc6c(c5)C(C)(C)c5ccccc5-6)ccc4c(-c4ccccc4)c3c2)c2c(oc3ccccc32)c1[B]. The van der Waals surface area contributed by atoms with Gasteiger partial charge in [0.05, 0.1) is 0 Å². The molecule has 4 heteroatoms. The molecular formula is C53H33B3O. The molecule has 1 aliphatic carbocycles. The minimum atomic E-state index is -0.0881. The van der Waals surface area contributed by atoms with Gasteiger partial charge in [0.25, 0.3) is 0 Å². The van der Waals surface area contributed by atoms with Crippen molar-refractivity contribution in [2.45, 2.75) is 19.3 Å². The number of fused-ring (bicyclic) bond motifs is 8. The highest BCUT2D eigenvalue weighted by Gasteiger charge is 2.35. The molecule has 0 bridgehead atoms. The van der Waals surface area contributed by atoms with Gasteiger partial charge < -0.3 is 4.42 Å². The van der Waals surface area contributed by atoms with Crippen molar-refractivity contribution in [3.05, 3.63) is 175 Å². The van der Waals surface area contributed by atoms with E-state index in [0.717, 1.165) is 54.9 Å². The molecule has 57 heavy (non-hydrogen) atoms. The maximum atomic E-state index is 6.94. The number of benzene rings is 9. The standard InChI is InChI=1S/C53H33B3O/c1-53(2)42-19-11-9-17-35(42)36-24-21-33(29-43(36)53)32-22-25-37-40(27-32)45(30-13-5-3-6-14-30)38-26-23-34(28-41(38)46(37)31-15-7-4-8-16-31)47-48-39-18-10-12-20-44(39)57-52(48)51(56)50(55)49(47)54/h3-29H,1-2H3. The number of furan rings is 1. The largest absolute Gasteiger partial charge is 0.457 e. The monoisotopic (exact) mass is 718 g/mol. The van der Waals surface area contributed by atoms with Gasteiger partial charge in [0, 0.05) is 16.2 Å². The molecule has 1 nitrogen and oxygen atoms in total. The van der Waals surface area contributed by atoms with Gasteiger partial charge in [-0.1, -0.05) is 164 Å². The Labute approximate surface area is 336 Å². The fourth-order valence-corrected chi connectivity index (χ4v) is 9.60. The van der Waals surface area contributed by atoms with Crippen molar-refractivity contribution >= 4 is 83.4 Å². The zero-order chi connectivity index (χ0) is 38.6. The first-order chi connectivity index (χ1) is 27.8. The van der Waals surface area contributed by atoms with Gasteiger partial charge in [-0.2, -0.15) is 0 Å². The molecule has 10 aromatic rings. The fourth-order valence-electron chi connectivity index (χ4n) is 9.60. The average Bonchev–Trinajstić information content (AvgIpc) is 3.74. The van der Waals surface area contributed by atoms with Gasteiger partial charge >= 0.3 is 0 Å². The van der Waals surface area contributed by atoms with E-state index in [1.54, 1.807) is 0 Å². The van der Waals surface area contributed by atoms with E-state index in [1.165, 1.54) is 49.7 Å². The molecule has 1 aliphatic rings. The van der Waals surface area contributed by atoms with Crippen LogP contribution in [0.5, 0.6) is 0 Å². The maximum absolute atomic E-state index is 6.94. The highest BCUT2D eigenvalue weighted by Crippen LogP contribution is 2.51. The Hall–Kier alpha value is -6.51. The Kier molecular flexibility index (Phi) is 7.41. The molecule has 9 aromatic carbocycles. The van der Waals surface area contributed by atoms with Gasteiger partial charge in [-0.3, -0.25) is 0 Å². The summed E-state index contributed by atoms with van der Waals surface area (Å²) in [4.78, 5) is 0. The molecule has 0 aliphatic heterocycles. The molecule has 0 unspecified atom stereocenters. The zero-order valence-electron chi connectivity index (χ0n) is 31.7. The Balaban J connectivity index is 1.22. The molecule has 1 aromatic heterocycles. The topological polar surface area (TPSA) is 13.1 Å². The molecule has 6 radical (unpaired) electrons. The highest BCUT2D eigenvalue weighted by molar-refractivity contribution is 6.62. The van der Waals surface area contributed by atoms with Gasteiger partial charge in [0.2, 0.25) is 0 Å². The van der Waals surface area contributed by atoms with Crippen LogP contribution in [0.3, 0.4) is 0 Å². The summed E-state index contributed by atoms with van der Waals surface area (Å²) in [6.45, 7) is 4.68. The number of para-hydroxylation sites is 1. The van der Waals surface area contributed by atoms with E-state index in [0.29, 0.717) is 22.0 Å². The van der Waals surface area contributed by atoms with Gasteiger partial charge in [0.15, 0.2) is 0 Å². The van der Waals surface area contributed by atoms with Gasteiger partial charge in [-0.05, 0) is 113 Å². The van der Waals surface area contributed by atoms with Crippen LogP contribution >= 0.6 is 0 Å². The minimum Gasteiger partial charge on any atom is -0.457 e. The first kappa shape index (κ1) is 33.8. The predicted octanol–water partition coefficient (Wildman–Crippen LogP) is 11.2. The molecule has 0 fully saturated rings. The lowest BCUT2D eigenvalue weighted by atomic mass is 9.68. The third-order valence-corrected chi connectivity index (χ3v) is 12.4. The van der Waals surface area contributed by atoms with E-state index in [4.69, 9.17) is 28.0 Å². The van der Waals surface area contributed by atoms with Crippen LogP contribution in [0.4, 0.5) is 0 Å². The Morgan fingerprint density at radius 1 is 0.386 bits per heavy atom. The smallest absolute Gasteiger partial charge is 0.135 e. The summed E-state index contributed by atoms with van der Waals surface area (Å²) < 4.78 is 6.34. The van der Waals surface area contributed by atoms with Crippen molar-refractivity contribution in [2.24, 2.45) is 0 Å². The number of hydrogen-bond donors (Lipinski definition) is 0. The summed E-state index contributed by atoms with van der Waals surface area (Å²) in [6.07, 6.45) is 0. The maximum Gasteiger partial charge on any atom is 0.135 e. The van der Waals surface area contributed by atoms with Crippen molar-refractivity contribution < 1.29 is 4.42 Å². The van der Waals surface area contributed by atoms with Crippen LogP contribution in [0.25, 0.3) is 99.1 Å². The number of rotatable bonds is 4. The van der Waals surface area contributed by atoms with Gasteiger partial charge in [0.1, 0.15) is 34.7 Å². The van der Waals surface area contributed by atoms with Crippen LogP contribution in [0.15, 0.2) is 168 Å². The molecule has 260 valence electrons. The van der Waals surface area contributed by atoms with Crippen LogP contribution in [-0.4, -0.2) is 23.5 Å². The molecule has 11 rings (SSSR count). The summed E-state index contributed by atoms with van der Waals surface area (Å²) >= 11 is 0. The molecule has 0 N–H and O–H groups in total. The van der Waals surface area contributed by atoms with Crippen LogP contribution in [0.2, 0.25) is 0 Å². The second kappa shape index (κ2) is 12.5. The Bertz CT molecular complexity index is 3290. The molecule has 0 spiro atoms. The van der Waals surface area contributed by atoms with Crippen molar-refractivity contribution in [1.29, 1.82) is 0 Å². The molecule has 0 amide bonds. The van der Waals surface area contributed by atoms with E-state index < -0.39 is 0 Å². The van der Waals surface area contributed by atoms with Crippen LogP contribution in [0.1, 0.15) is 25.0 Å². The van der Waals surface area contributed by atoms with E-state index in [9.17, 15) is 0 Å². The Morgan fingerprint density at radius 3 is 1.63 bits per heavy atom. The third-order valence-electron chi connectivity index (χ3n) is 12.4. The molecule has 0 atom stereocenters. The fraction of sp³-hybridized carbons (Fsp3) is 0.0566. The zero-order valence-corrected chi connectivity index (χ0v) is 31.7. The molecule has 0 saturated heterocycles. The summed E-state index contributed by atoms with van der Waals surface area (Å²) in [5.41, 5.74) is 16.5. The normalized spacial score (nSPS) is 13.1. The van der Waals surface area contributed by atoms with Crippen molar-refractivity contribution in [1.82, 2.24) is 0 Å². The predicted molar refractivity (Wildman–Crippen MR) is 244 cm³/mol.